The van der Waals surface area contributed by atoms with Gasteiger partial charge in [0.15, 0.2) is 0 Å². The minimum atomic E-state index is -0.547. The Morgan fingerprint density at radius 3 is 2.33 bits per heavy atom. The first-order chi connectivity index (χ1) is 19.9. The number of piperazine rings is 1. The number of anilines is 2. The van der Waals surface area contributed by atoms with Crippen LogP contribution in [0, 0.1) is 11.8 Å². The smallest absolute Gasteiger partial charge is 0.410 e. The van der Waals surface area contributed by atoms with E-state index in [0.29, 0.717) is 25.6 Å². The van der Waals surface area contributed by atoms with E-state index >= 15 is 0 Å². The summed E-state index contributed by atoms with van der Waals surface area (Å²) in [4.78, 5) is 44.9. The fraction of sp³-hybridized carbons (Fsp3) is 0.545. The molecule has 5 rings (SSSR count). The van der Waals surface area contributed by atoms with E-state index in [1.807, 2.05) is 69.0 Å². The van der Waals surface area contributed by atoms with Crippen molar-refractivity contribution < 1.29 is 23.9 Å². The Balaban J connectivity index is 1.39. The Labute approximate surface area is 249 Å². The van der Waals surface area contributed by atoms with Gasteiger partial charge in [0.1, 0.15) is 12.2 Å². The number of carbonyl (C=O) groups is 3. The van der Waals surface area contributed by atoms with E-state index in [1.54, 1.807) is 11.8 Å². The maximum absolute atomic E-state index is 13.1. The zero-order valence-electron chi connectivity index (χ0n) is 25.6. The fourth-order valence-electron chi connectivity index (χ4n) is 6.43. The molecule has 2 aromatic rings. The molecule has 226 valence electrons. The van der Waals surface area contributed by atoms with Crippen LogP contribution in [0.25, 0.3) is 0 Å². The third-order valence-electron chi connectivity index (χ3n) is 8.52. The van der Waals surface area contributed by atoms with Crippen LogP contribution in [0.1, 0.15) is 71.6 Å². The lowest BCUT2D eigenvalue weighted by Crippen LogP contribution is -2.55. The maximum Gasteiger partial charge on any atom is 0.410 e. The van der Waals surface area contributed by atoms with Gasteiger partial charge >= 0.3 is 12.2 Å². The average Bonchev–Trinajstić information content (AvgIpc) is 3.77. The predicted octanol–water partition coefficient (Wildman–Crippen LogP) is 5.88. The average molecular weight is 577 g/mol. The molecule has 2 fully saturated rings. The predicted molar refractivity (Wildman–Crippen MR) is 162 cm³/mol. The molecule has 0 aromatic heterocycles. The van der Waals surface area contributed by atoms with Crippen LogP contribution in [0.15, 0.2) is 48.5 Å². The van der Waals surface area contributed by atoms with E-state index < -0.39 is 11.7 Å². The van der Waals surface area contributed by atoms with Gasteiger partial charge in [-0.3, -0.25) is 4.79 Å². The third-order valence-corrected chi connectivity index (χ3v) is 8.52. The number of hydrogen-bond acceptors (Lipinski definition) is 6. The molecule has 9 nitrogen and oxygen atoms in total. The normalized spacial score (nSPS) is 24.1. The van der Waals surface area contributed by atoms with Crippen LogP contribution in [0.4, 0.5) is 21.0 Å². The van der Waals surface area contributed by atoms with Gasteiger partial charge in [0, 0.05) is 61.5 Å². The summed E-state index contributed by atoms with van der Waals surface area (Å²) < 4.78 is 11.2. The highest BCUT2D eigenvalue weighted by Crippen LogP contribution is 2.50. The number of carbonyl (C=O) groups excluding carboxylic acids is 3. The number of ether oxygens (including phenoxy) is 2. The Morgan fingerprint density at radius 1 is 1.00 bits per heavy atom. The fourth-order valence-corrected chi connectivity index (χ4v) is 6.43. The number of fused-ring (bicyclic) bond motifs is 1. The highest BCUT2D eigenvalue weighted by atomic mass is 16.6. The van der Waals surface area contributed by atoms with Crippen molar-refractivity contribution in [1.82, 2.24) is 10.2 Å². The minimum Gasteiger partial charge on any atom is -0.445 e. The van der Waals surface area contributed by atoms with Crippen molar-refractivity contribution in [3.63, 3.8) is 0 Å². The summed E-state index contributed by atoms with van der Waals surface area (Å²) >= 11 is 0. The quantitative estimate of drug-likeness (QED) is 0.478. The number of nitrogens with zero attached hydrogens (tertiary/aromatic N) is 3. The van der Waals surface area contributed by atoms with Gasteiger partial charge in [-0.15, -0.1) is 0 Å². The standard InChI is InChI=1S/C33H44N4O5/c1-21-19-35(16-17-36(21)32(40)42-33(4,5)6)26-14-15-28-27(18-26)29(22(2)30(25-12-13-25)37(28)23(3)38)34-31(39)41-20-24-10-8-7-9-11-24/h7-11,14-15,18,21-22,25,29-30H,12-13,16-17,19-20H2,1-6H3,(H,34,39)/t21?,22-,29-,30-/m1/s1. The molecule has 1 unspecified atom stereocenters. The van der Waals surface area contributed by atoms with Crippen molar-refractivity contribution in [2.24, 2.45) is 11.8 Å². The Hall–Kier alpha value is -3.75. The zero-order valence-corrected chi connectivity index (χ0v) is 25.6. The molecular weight excluding hydrogens is 532 g/mol. The second-order valence-electron chi connectivity index (χ2n) is 13.0. The molecule has 1 aliphatic carbocycles. The maximum atomic E-state index is 13.1. The van der Waals surface area contributed by atoms with Crippen LogP contribution >= 0.6 is 0 Å². The van der Waals surface area contributed by atoms with Crippen molar-refractivity contribution in [2.45, 2.75) is 84.7 Å². The first-order valence-electron chi connectivity index (χ1n) is 15.1. The summed E-state index contributed by atoms with van der Waals surface area (Å²) in [5, 5.41) is 3.16. The van der Waals surface area contributed by atoms with Gasteiger partial charge in [-0.05, 0) is 70.2 Å². The van der Waals surface area contributed by atoms with Crippen LogP contribution in [-0.4, -0.2) is 60.3 Å². The van der Waals surface area contributed by atoms with Crippen LogP contribution < -0.4 is 15.1 Å². The van der Waals surface area contributed by atoms with Crippen molar-refractivity contribution in [1.29, 1.82) is 0 Å². The molecule has 2 aromatic carbocycles. The van der Waals surface area contributed by atoms with Gasteiger partial charge in [-0.2, -0.15) is 0 Å². The molecule has 2 aliphatic heterocycles. The third kappa shape index (κ3) is 6.50. The molecule has 4 atom stereocenters. The first-order valence-corrected chi connectivity index (χ1v) is 15.1. The SMILES string of the molecule is CC(=O)N1c2ccc(N3CCN(C(=O)OC(C)(C)C)C(C)C3)cc2[C@H](NC(=O)OCc2ccccc2)[C@@H](C)[C@@H]1C1CC1. The summed E-state index contributed by atoms with van der Waals surface area (Å²) in [6.45, 7) is 13.4. The second-order valence-corrected chi connectivity index (χ2v) is 13.0. The molecule has 0 radical (unpaired) electrons. The van der Waals surface area contributed by atoms with Crippen LogP contribution in [0.3, 0.4) is 0 Å². The lowest BCUT2D eigenvalue weighted by Gasteiger charge is -2.46. The van der Waals surface area contributed by atoms with Gasteiger partial charge in [0.25, 0.3) is 0 Å². The molecule has 0 bridgehead atoms. The second kappa shape index (κ2) is 11.9. The van der Waals surface area contributed by atoms with Gasteiger partial charge in [0.2, 0.25) is 5.91 Å². The Morgan fingerprint density at radius 2 is 1.71 bits per heavy atom. The van der Waals surface area contributed by atoms with Gasteiger partial charge in [-0.1, -0.05) is 37.3 Å². The van der Waals surface area contributed by atoms with Crippen molar-refractivity contribution in [2.75, 3.05) is 29.4 Å². The Kier molecular flexibility index (Phi) is 8.39. The summed E-state index contributed by atoms with van der Waals surface area (Å²) in [7, 11) is 0. The molecule has 42 heavy (non-hydrogen) atoms. The molecule has 3 amide bonds. The van der Waals surface area contributed by atoms with E-state index in [1.165, 1.54) is 0 Å². The lowest BCUT2D eigenvalue weighted by molar-refractivity contribution is -0.117. The summed E-state index contributed by atoms with van der Waals surface area (Å²) in [5.74, 6) is 0.428. The van der Waals surface area contributed by atoms with E-state index in [4.69, 9.17) is 9.47 Å². The molecule has 9 heteroatoms. The topological polar surface area (TPSA) is 91.4 Å². The van der Waals surface area contributed by atoms with Gasteiger partial charge < -0.3 is 29.5 Å². The zero-order chi connectivity index (χ0) is 30.2. The van der Waals surface area contributed by atoms with Crippen LogP contribution in [0.5, 0.6) is 0 Å². The van der Waals surface area contributed by atoms with Gasteiger partial charge in [-0.25, -0.2) is 9.59 Å². The molecule has 1 saturated carbocycles. The molecule has 0 spiro atoms. The highest BCUT2D eigenvalue weighted by molar-refractivity contribution is 5.94. The number of amides is 3. The van der Waals surface area contributed by atoms with E-state index in [-0.39, 0.29) is 42.7 Å². The number of alkyl carbamates (subject to hydrolysis) is 1. The number of rotatable bonds is 5. The minimum absolute atomic E-state index is 0.00337. The van der Waals surface area contributed by atoms with E-state index in [9.17, 15) is 14.4 Å². The molecular formula is C33H44N4O5. The summed E-state index contributed by atoms with van der Waals surface area (Å²) in [6.07, 6.45) is 1.39. The van der Waals surface area contributed by atoms with Crippen LogP contribution in [0.2, 0.25) is 0 Å². The van der Waals surface area contributed by atoms with E-state index in [0.717, 1.165) is 35.3 Å². The molecule has 1 saturated heterocycles. The number of benzene rings is 2. The number of hydrogen-bond donors (Lipinski definition) is 1. The number of nitrogens with one attached hydrogen (secondary N) is 1. The van der Waals surface area contributed by atoms with Crippen molar-refractivity contribution in [3.05, 3.63) is 59.7 Å². The largest absolute Gasteiger partial charge is 0.445 e. The summed E-state index contributed by atoms with van der Waals surface area (Å²) in [6, 6.07) is 15.4. The molecule has 3 aliphatic rings. The highest BCUT2D eigenvalue weighted by Gasteiger charge is 2.48. The van der Waals surface area contributed by atoms with Gasteiger partial charge in [0.05, 0.1) is 6.04 Å². The molecule has 2 heterocycles. The molecule has 1 N–H and O–H groups in total. The monoisotopic (exact) mass is 576 g/mol. The van der Waals surface area contributed by atoms with Crippen molar-refractivity contribution >= 4 is 29.5 Å². The lowest BCUT2D eigenvalue weighted by atomic mass is 9.79. The Bertz CT molecular complexity index is 1310. The summed E-state index contributed by atoms with van der Waals surface area (Å²) in [5.41, 5.74) is 3.12. The first kappa shape index (κ1) is 29.7. The van der Waals surface area contributed by atoms with Crippen LogP contribution in [-0.2, 0) is 20.9 Å². The van der Waals surface area contributed by atoms with Crippen molar-refractivity contribution in [3.8, 4) is 0 Å². The van der Waals surface area contributed by atoms with E-state index in [2.05, 4.69) is 29.3 Å².